The Morgan fingerprint density at radius 2 is 1.76 bits per heavy atom. The molecule has 0 bridgehead atoms. The second kappa shape index (κ2) is 6.96. The van der Waals surface area contributed by atoms with Crippen molar-refractivity contribution in [2.24, 2.45) is 11.3 Å². The van der Waals surface area contributed by atoms with Gasteiger partial charge in [0.05, 0.1) is 6.10 Å². The zero-order chi connectivity index (χ0) is 15.5. The van der Waals surface area contributed by atoms with Crippen molar-refractivity contribution in [2.75, 3.05) is 0 Å². The van der Waals surface area contributed by atoms with Gasteiger partial charge in [0.15, 0.2) is 0 Å². The van der Waals surface area contributed by atoms with Crippen molar-refractivity contribution in [1.82, 2.24) is 0 Å². The number of benzene rings is 1. The number of hydrogen-bond acceptors (Lipinski definition) is 1. The zero-order valence-electron chi connectivity index (χ0n) is 14.3. The van der Waals surface area contributed by atoms with E-state index < -0.39 is 0 Å². The van der Waals surface area contributed by atoms with Crippen LogP contribution in [0.3, 0.4) is 0 Å². The molecule has 1 aromatic carbocycles. The molecule has 1 N–H and O–H groups in total. The summed E-state index contributed by atoms with van der Waals surface area (Å²) in [4.78, 5) is 0. The van der Waals surface area contributed by atoms with E-state index in [9.17, 15) is 5.11 Å². The highest BCUT2D eigenvalue weighted by molar-refractivity contribution is 5.35. The van der Waals surface area contributed by atoms with Crippen molar-refractivity contribution >= 4 is 0 Å². The van der Waals surface area contributed by atoms with Gasteiger partial charge in [0.1, 0.15) is 0 Å². The Morgan fingerprint density at radius 1 is 1.10 bits per heavy atom. The quantitative estimate of drug-likeness (QED) is 0.738. The predicted octanol–water partition coefficient (Wildman–Crippen LogP) is 5.45. The number of aliphatic hydroxyl groups is 1. The third-order valence-corrected chi connectivity index (χ3v) is 5.29. The van der Waals surface area contributed by atoms with E-state index in [1.807, 2.05) is 0 Å². The summed E-state index contributed by atoms with van der Waals surface area (Å²) in [5.74, 6) is 0.650. The molecule has 0 radical (unpaired) electrons. The van der Waals surface area contributed by atoms with Crippen molar-refractivity contribution in [3.63, 3.8) is 0 Å². The maximum Gasteiger partial charge on any atom is 0.0849 e. The lowest BCUT2D eigenvalue weighted by Crippen LogP contribution is -2.28. The highest BCUT2D eigenvalue weighted by atomic mass is 16.3. The molecular weight excluding hydrogens is 256 g/mol. The molecule has 0 saturated heterocycles. The minimum Gasteiger partial charge on any atom is -0.388 e. The molecule has 0 aromatic heterocycles. The third kappa shape index (κ3) is 3.51. The smallest absolute Gasteiger partial charge is 0.0849 e. The molecule has 1 unspecified atom stereocenters. The van der Waals surface area contributed by atoms with Crippen LogP contribution in [0.25, 0.3) is 0 Å². The number of aliphatic hydroxyl groups excluding tert-OH is 1. The van der Waals surface area contributed by atoms with E-state index >= 15 is 0 Å². The Labute approximate surface area is 130 Å². The predicted molar refractivity (Wildman–Crippen MR) is 90.5 cm³/mol. The summed E-state index contributed by atoms with van der Waals surface area (Å²) in [6, 6.07) is 6.72. The van der Waals surface area contributed by atoms with Crippen molar-refractivity contribution in [2.45, 2.75) is 78.7 Å². The first-order chi connectivity index (χ1) is 10.0. The van der Waals surface area contributed by atoms with Gasteiger partial charge in [0.25, 0.3) is 0 Å². The average Bonchev–Trinajstić information content (AvgIpc) is 2.94. The molecule has 118 valence electrons. The maximum atomic E-state index is 11.3. The van der Waals surface area contributed by atoms with Crippen LogP contribution in [0.1, 0.15) is 82.6 Å². The molecule has 0 spiro atoms. The molecule has 0 amide bonds. The lowest BCUT2D eigenvalue weighted by Gasteiger charge is -2.37. The van der Waals surface area contributed by atoms with Crippen molar-refractivity contribution in [3.05, 3.63) is 34.9 Å². The molecule has 1 aliphatic rings. The molecule has 0 aliphatic heterocycles. The fraction of sp³-hybridized carbons (Fsp3) is 0.700. The normalized spacial score (nSPS) is 19.1. The molecule has 1 nitrogen and oxygen atoms in total. The van der Waals surface area contributed by atoms with Gasteiger partial charge in [0, 0.05) is 5.41 Å². The largest absolute Gasteiger partial charge is 0.388 e. The Kier molecular flexibility index (Phi) is 5.48. The van der Waals surface area contributed by atoms with E-state index in [2.05, 4.69) is 45.9 Å². The zero-order valence-corrected chi connectivity index (χ0v) is 14.3. The van der Waals surface area contributed by atoms with E-state index in [4.69, 9.17) is 0 Å². The second-order valence-corrected chi connectivity index (χ2v) is 7.31. The molecule has 1 saturated carbocycles. The summed E-state index contributed by atoms with van der Waals surface area (Å²) >= 11 is 0. The van der Waals surface area contributed by atoms with Crippen LogP contribution in [0.15, 0.2) is 18.2 Å². The topological polar surface area (TPSA) is 20.2 Å². The summed E-state index contributed by atoms with van der Waals surface area (Å²) in [6.45, 7) is 8.96. The van der Waals surface area contributed by atoms with Crippen molar-refractivity contribution in [3.8, 4) is 0 Å². The van der Waals surface area contributed by atoms with Gasteiger partial charge in [-0.25, -0.2) is 0 Å². The molecule has 1 fully saturated rings. The number of rotatable bonds is 6. The Bertz CT molecular complexity index is 455. The SMILES string of the molecule is CCc1ccc(CC)c(C(O)C2(CC(C)C)CCCC2)c1. The Hall–Kier alpha value is -0.820. The summed E-state index contributed by atoms with van der Waals surface area (Å²) < 4.78 is 0. The molecular formula is C20H32O. The van der Waals surface area contributed by atoms with Gasteiger partial charge in [-0.3, -0.25) is 0 Å². The molecule has 1 aromatic rings. The Balaban J connectivity index is 2.38. The lowest BCUT2D eigenvalue weighted by molar-refractivity contribution is 0.0106. The highest BCUT2D eigenvalue weighted by Crippen LogP contribution is 2.52. The highest BCUT2D eigenvalue weighted by Gasteiger charge is 2.42. The minimum atomic E-state index is -0.288. The summed E-state index contributed by atoms with van der Waals surface area (Å²) in [5, 5.41) is 11.3. The van der Waals surface area contributed by atoms with Crippen LogP contribution in [0.5, 0.6) is 0 Å². The minimum absolute atomic E-state index is 0.116. The second-order valence-electron chi connectivity index (χ2n) is 7.31. The molecule has 0 heterocycles. The van der Waals surface area contributed by atoms with E-state index in [0.717, 1.165) is 19.3 Å². The van der Waals surface area contributed by atoms with Gasteiger partial charge in [0.2, 0.25) is 0 Å². The van der Waals surface area contributed by atoms with Gasteiger partial charge < -0.3 is 5.11 Å². The van der Waals surface area contributed by atoms with E-state index in [1.165, 1.54) is 42.4 Å². The first-order valence-electron chi connectivity index (χ1n) is 8.82. The van der Waals surface area contributed by atoms with E-state index in [-0.39, 0.29) is 11.5 Å². The van der Waals surface area contributed by atoms with Crippen LogP contribution in [0.4, 0.5) is 0 Å². The lowest BCUT2D eigenvalue weighted by atomic mass is 9.71. The van der Waals surface area contributed by atoms with Gasteiger partial charge in [-0.15, -0.1) is 0 Å². The summed E-state index contributed by atoms with van der Waals surface area (Å²) in [5.41, 5.74) is 4.00. The fourth-order valence-corrected chi connectivity index (χ4v) is 4.25. The van der Waals surface area contributed by atoms with Gasteiger partial charge in [-0.2, -0.15) is 0 Å². The van der Waals surface area contributed by atoms with Crippen molar-refractivity contribution in [1.29, 1.82) is 0 Å². The third-order valence-electron chi connectivity index (χ3n) is 5.29. The monoisotopic (exact) mass is 288 g/mol. The standard InChI is InChI=1S/C20H32O/c1-5-16-9-10-17(6-2)18(13-16)19(21)20(14-15(3)4)11-7-8-12-20/h9-10,13,15,19,21H,5-8,11-12,14H2,1-4H3. The van der Waals surface area contributed by atoms with E-state index in [1.54, 1.807) is 0 Å². The summed E-state index contributed by atoms with van der Waals surface area (Å²) in [7, 11) is 0. The first kappa shape index (κ1) is 16.5. The Morgan fingerprint density at radius 3 is 2.29 bits per heavy atom. The van der Waals surface area contributed by atoms with Crippen molar-refractivity contribution < 1.29 is 5.11 Å². The molecule has 1 heteroatoms. The first-order valence-corrected chi connectivity index (χ1v) is 8.82. The van der Waals surface area contributed by atoms with Crippen LogP contribution < -0.4 is 0 Å². The average molecular weight is 288 g/mol. The van der Waals surface area contributed by atoms with E-state index in [0.29, 0.717) is 5.92 Å². The van der Waals surface area contributed by atoms with Crippen LogP contribution >= 0.6 is 0 Å². The van der Waals surface area contributed by atoms with Gasteiger partial charge >= 0.3 is 0 Å². The molecule has 2 rings (SSSR count). The van der Waals surface area contributed by atoms with Gasteiger partial charge in [-0.05, 0) is 54.7 Å². The number of aryl methyl sites for hydroxylation is 2. The molecule has 21 heavy (non-hydrogen) atoms. The van der Waals surface area contributed by atoms with Crippen LogP contribution in [-0.2, 0) is 12.8 Å². The van der Waals surface area contributed by atoms with Crippen LogP contribution in [0.2, 0.25) is 0 Å². The maximum absolute atomic E-state index is 11.3. The fourth-order valence-electron chi connectivity index (χ4n) is 4.25. The molecule has 1 aliphatic carbocycles. The summed E-state index contributed by atoms with van der Waals surface area (Å²) in [6.07, 6.45) is 7.83. The van der Waals surface area contributed by atoms with Crippen LogP contribution in [-0.4, -0.2) is 5.11 Å². The van der Waals surface area contributed by atoms with Crippen LogP contribution in [0, 0.1) is 11.3 Å². The van der Waals surface area contributed by atoms with Gasteiger partial charge in [-0.1, -0.05) is 58.7 Å². The number of hydrogen-bond donors (Lipinski definition) is 1. The molecule has 1 atom stereocenters.